The number of benzene rings is 1. The second-order valence-electron chi connectivity index (χ2n) is 5.60. The van der Waals surface area contributed by atoms with Crippen molar-refractivity contribution in [3.8, 4) is 0 Å². The average Bonchev–Trinajstić information content (AvgIpc) is 2.28. The van der Waals surface area contributed by atoms with Crippen molar-refractivity contribution >= 4 is 10.2 Å². The van der Waals surface area contributed by atoms with Crippen LogP contribution in [0.15, 0.2) is 24.3 Å². The predicted octanol–water partition coefficient (Wildman–Crippen LogP) is 1.59. The van der Waals surface area contributed by atoms with E-state index in [0.717, 1.165) is 5.56 Å². The highest BCUT2D eigenvalue weighted by atomic mass is 32.2. The van der Waals surface area contributed by atoms with Crippen LogP contribution in [0.4, 0.5) is 0 Å². The molecular formula is C13H20N2O2S. The molecule has 0 spiro atoms. The molecule has 0 N–H and O–H groups in total. The highest BCUT2D eigenvalue weighted by Gasteiger charge is 2.37. The molecule has 2 rings (SSSR count). The number of hydrogen-bond donors (Lipinski definition) is 0. The third kappa shape index (κ3) is 2.18. The van der Waals surface area contributed by atoms with E-state index in [1.54, 1.807) is 18.4 Å². The first-order chi connectivity index (χ1) is 8.25. The Morgan fingerprint density at radius 3 is 2.44 bits per heavy atom. The molecule has 0 saturated heterocycles. The quantitative estimate of drug-likeness (QED) is 0.817. The Morgan fingerprint density at radius 2 is 1.83 bits per heavy atom. The molecule has 1 heterocycles. The van der Waals surface area contributed by atoms with Gasteiger partial charge in [-0.25, -0.2) is 0 Å². The van der Waals surface area contributed by atoms with Crippen LogP contribution in [0.1, 0.15) is 25.0 Å². The number of nitrogens with zero attached hydrogens (tertiary/aromatic N) is 2. The van der Waals surface area contributed by atoms with Crippen LogP contribution in [0.2, 0.25) is 0 Å². The number of hydrogen-bond acceptors (Lipinski definition) is 2. The molecule has 0 fully saturated rings. The fourth-order valence-electron chi connectivity index (χ4n) is 2.48. The summed E-state index contributed by atoms with van der Waals surface area (Å²) in [5.41, 5.74) is 2.19. The van der Waals surface area contributed by atoms with Gasteiger partial charge in [-0.1, -0.05) is 38.1 Å². The molecule has 18 heavy (non-hydrogen) atoms. The summed E-state index contributed by atoms with van der Waals surface area (Å²) in [6.07, 6.45) is 0. The molecular weight excluding hydrogens is 248 g/mol. The van der Waals surface area contributed by atoms with E-state index in [2.05, 4.69) is 19.9 Å². The lowest BCUT2D eigenvalue weighted by atomic mass is 9.79. The molecule has 0 amide bonds. The number of fused-ring (bicyclic) bond motifs is 1. The minimum absolute atomic E-state index is 0.155. The molecule has 0 bridgehead atoms. The zero-order valence-electron chi connectivity index (χ0n) is 11.3. The van der Waals surface area contributed by atoms with Gasteiger partial charge in [-0.2, -0.15) is 17.0 Å². The van der Waals surface area contributed by atoms with Gasteiger partial charge >= 0.3 is 0 Å². The van der Waals surface area contributed by atoms with E-state index in [9.17, 15) is 8.42 Å². The monoisotopic (exact) mass is 268 g/mol. The van der Waals surface area contributed by atoms with Gasteiger partial charge in [0.2, 0.25) is 0 Å². The summed E-state index contributed by atoms with van der Waals surface area (Å²) in [6.45, 7) is 5.15. The Kier molecular flexibility index (Phi) is 3.25. The Morgan fingerprint density at radius 1 is 1.22 bits per heavy atom. The molecule has 1 aromatic rings. The molecule has 0 radical (unpaired) electrons. The van der Waals surface area contributed by atoms with Crippen molar-refractivity contribution < 1.29 is 8.42 Å². The van der Waals surface area contributed by atoms with Crippen LogP contribution in [0.3, 0.4) is 0 Å². The van der Waals surface area contributed by atoms with E-state index in [0.29, 0.717) is 13.1 Å². The first kappa shape index (κ1) is 13.5. The first-order valence-corrected chi connectivity index (χ1v) is 7.41. The third-order valence-corrected chi connectivity index (χ3v) is 5.29. The average molecular weight is 268 g/mol. The summed E-state index contributed by atoms with van der Waals surface area (Å²) < 4.78 is 27.3. The van der Waals surface area contributed by atoms with Gasteiger partial charge in [-0.3, -0.25) is 0 Å². The minimum atomic E-state index is -3.35. The highest BCUT2D eigenvalue weighted by Crippen LogP contribution is 2.34. The molecule has 1 aliphatic heterocycles. The van der Waals surface area contributed by atoms with Gasteiger partial charge in [-0.15, -0.1) is 0 Å². The van der Waals surface area contributed by atoms with Crippen LogP contribution in [-0.4, -0.2) is 37.7 Å². The molecule has 0 aliphatic carbocycles. The normalized spacial score (nSPS) is 19.8. The van der Waals surface area contributed by atoms with Crippen molar-refractivity contribution in [1.29, 1.82) is 0 Å². The van der Waals surface area contributed by atoms with Gasteiger partial charge in [0, 0.05) is 32.6 Å². The third-order valence-electron chi connectivity index (χ3n) is 3.45. The van der Waals surface area contributed by atoms with E-state index < -0.39 is 10.2 Å². The molecule has 1 aliphatic rings. The second kappa shape index (κ2) is 4.33. The summed E-state index contributed by atoms with van der Waals surface area (Å²) in [5.74, 6) is 0. The first-order valence-electron chi connectivity index (χ1n) is 6.01. The van der Waals surface area contributed by atoms with Crippen molar-refractivity contribution in [3.63, 3.8) is 0 Å². The van der Waals surface area contributed by atoms with Gasteiger partial charge in [-0.05, 0) is 11.1 Å². The highest BCUT2D eigenvalue weighted by molar-refractivity contribution is 7.86. The smallest absolute Gasteiger partial charge is 0.195 e. The molecule has 0 saturated carbocycles. The van der Waals surface area contributed by atoms with Gasteiger partial charge in [0.1, 0.15) is 0 Å². The van der Waals surface area contributed by atoms with Gasteiger partial charge < -0.3 is 0 Å². The van der Waals surface area contributed by atoms with Gasteiger partial charge in [0.25, 0.3) is 10.2 Å². The van der Waals surface area contributed by atoms with Gasteiger partial charge in [0.15, 0.2) is 0 Å². The van der Waals surface area contributed by atoms with Crippen LogP contribution < -0.4 is 0 Å². The lowest BCUT2D eigenvalue weighted by Crippen LogP contribution is -2.48. The summed E-state index contributed by atoms with van der Waals surface area (Å²) in [7, 11) is -0.203. The molecule has 5 heteroatoms. The molecule has 100 valence electrons. The SMILES string of the molecule is CN(C)S(=O)(=O)N1Cc2ccccc2C(C)(C)C1. The lowest BCUT2D eigenvalue weighted by Gasteiger charge is -2.39. The Balaban J connectivity index is 2.45. The van der Waals surface area contributed by atoms with Crippen molar-refractivity contribution in [2.45, 2.75) is 25.8 Å². The van der Waals surface area contributed by atoms with E-state index in [4.69, 9.17) is 0 Å². The molecule has 4 nitrogen and oxygen atoms in total. The predicted molar refractivity (Wildman–Crippen MR) is 72.5 cm³/mol. The largest absolute Gasteiger partial charge is 0.281 e. The van der Waals surface area contributed by atoms with E-state index in [1.807, 2.05) is 18.2 Å². The van der Waals surface area contributed by atoms with E-state index in [1.165, 1.54) is 9.87 Å². The van der Waals surface area contributed by atoms with Crippen LogP contribution in [0, 0.1) is 0 Å². The molecule has 0 unspecified atom stereocenters. The fourth-order valence-corrected chi connectivity index (χ4v) is 3.73. The maximum atomic E-state index is 12.2. The maximum Gasteiger partial charge on any atom is 0.281 e. The summed E-state index contributed by atoms with van der Waals surface area (Å²) in [6, 6.07) is 8.07. The number of rotatable bonds is 2. The lowest BCUT2D eigenvalue weighted by molar-refractivity contribution is 0.284. The second-order valence-corrected chi connectivity index (χ2v) is 7.74. The maximum absolute atomic E-state index is 12.2. The standard InChI is InChI=1S/C13H20N2O2S/c1-13(2)10-15(18(16,17)14(3)4)9-11-7-5-6-8-12(11)13/h5-8H,9-10H2,1-4H3. The van der Waals surface area contributed by atoms with Crippen LogP contribution in [-0.2, 0) is 22.2 Å². The van der Waals surface area contributed by atoms with Crippen LogP contribution >= 0.6 is 0 Å². The van der Waals surface area contributed by atoms with Crippen LogP contribution in [0.5, 0.6) is 0 Å². The fraction of sp³-hybridized carbons (Fsp3) is 0.538. The Labute approximate surface area is 109 Å². The topological polar surface area (TPSA) is 40.6 Å². The summed E-state index contributed by atoms with van der Waals surface area (Å²) in [5, 5.41) is 0. The van der Waals surface area contributed by atoms with Crippen molar-refractivity contribution in [2.75, 3.05) is 20.6 Å². The zero-order valence-corrected chi connectivity index (χ0v) is 12.2. The Bertz CT molecular complexity index is 550. The summed E-state index contributed by atoms with van der Waals surface area (Å²) >= 11 is 0. The molecule has 1 aromatic carbocycles. The van der Waals surface area contributed by atoms with Crippen molar-refractivity contribution in [1.82, 2.24) is 8.61 Å². The summed E-state index contributed by atoms with van der Waals surface area (Å²) in [4.78, 5) is 0. The van der Waals surface area contributed by atoms with Crippen LogP contribution in [0.25, 0.3) is 0 Å². The zero-order chi connectivity index (χ0) is 13.6. The van der Waals surface area contributed by atoms with Crippen molar-refractivity contribution in [3.05, 3.63) is 35.4 Å². The van der Waals surface area contributed by atoms with E-state index in [-0.39, 0.29) is 5.41 Å². The van der Waals surface area contributed by atoms with Crippen molar-refractivity contribution in [2.24, 2.45) is 0 Å². The molecule has 0 atom stereocenters. The van der Waals surface area contributed by atoms with E-state index >= 15 is 0 Å². The van der Waals surface area contributed by atoms with Gasteiger partial charge in [0.05, 0.1) is 0 Å². The molecule has 0 aromatic heterocycles. The minimum Gasteiger partial charge on any atom is -0.195 e. The Hall–Kier alpha value is -0.910.